The van der Waals surface area contributed by atoms with Gasteiger partial charge < -0.3 is 14.6 Å². The molecule has 0 aliphatic heterocycles. The summed E-state index contributed by atoms with van der Waals surface area (Å²) < 4.78 is 13.7. The first-order valence-electron chi connectivity index (χ1n) is 17.4. The fraction of sp³-hybridized carbons (Fsp3) is 0.778. The van der Waals surface area contributed by atoms with Crippen molar-refractivity contribution in [2.45, 2.75) is 122 Å². The summed E-state index contributed by atoms with van der Waals surface area (Å²) in [5.74, 6) is -0.512. The molecule has 254 valence electrons. The van der Waals surface area contributed by atoms with Gasteiger partial charge in [0.05, 0.1) is 16.7 Å². The van der Waals surface area contributed by atoms with Crippen LogP contribution in [-0.2, 0) is 36.8 Å². The zero-order valence-corrected chi connectivity index (χ0v) is 30.3. The van der Waals surface area contributed by atoms with E-state index in [1.807, 2.05) is 13.8 Å². The van der Waals surface area contributed by atoms with Gasteiger partial charge in [-0.05, 0) is 86.7 Å². The van der Waals surface area contributed by atoms with Crippen LogP contribution in [0.2, 0.25) is 0 Å². The molecule has 1 heterocycles. The number of hydrogen-bond acceptors (Lipinski definition) is 7. The molecule has 1 aromatic rings. The lowest BCUT2D eigenvalue weighted by Crippen LogP contribution is -2.70. The first kappa shape index (κ1) is 34.2. The number of ketones is 1. The highest BCUT2D eigenvalue weighted by atomic mass is 79.9. The summed E-state index contributed by atoms with van der Waals surface area (Å²) >= 11 is 11.6. The summed E-state index contributed by atoms with van der Waals surface area (Å²) in [6.45, 7) is 10.00. The van der Waals surface area contributed by atoms with Crippen molar-refractivity contribution in [2.24, 2.45) is 40.4 Å². The molecular formula is C36H50BrClN2O6. The zero-order valence-electron chi connectivity index (χ0n) is 28.0. The van der Waals surface area contributed by atoms with Gasteiger partial charge in [0.1, 0.15) is 0 Å². The fourth-order valence-electron chi connectivity index (χ4n) is 10.7. The van der Waals surface area contributed by atoms with E-state index in [9.17, 15) is 19.5 Å². The lowest BCUT2D eigenvalue weighted by atomic mass is 9.44. The van der Waals surface area contributed by atoms with Crippen LogP contribution in [0.3, 0.4) is 0 Å². The minimum absolute atomic E-state index is 0.0777. The Morgan fingerprint density at radius 3 is 2.48 bits per heavy atom. The molecule has 0 amide bonds. The summed E-state index contributed by atoms with van der Waals surface area (Å²) in [6.07, 6.45) is 10.6. The predicted octanol–water partition coefficient (Wildman–Crippen LogP) is 6.67. The molecule has 5 aliphatic rings. The first-order valence-corrected chi connectivity index (χ1v) is 18.9. The highest BCUT2D eigenvalue weighted by Crippen LogP contribution is 2.72. The predicted molar refractivity (Wildman–Crippen MR) is 179 cm³/mol. The number of Topliss-reactive ketones (excluding diaryl/α,β-unsaturated/α-hetero) is 1. The van der Waals surface area contributed by atoms with E-state index in [0.29, 0.717) is 18.8 Å². The van der Waals surface area contributed by atoms with Crippen LogP contribution in [-0.4, -0.2) is 61.1 Å². The van der Waals surface area contributed by atoms with Crippen LogP contribution in [0.25, 0.3) is 6.08 Å². The third-order valence-corrected chi connectivity index (χ3v) is 14.9. The van der Waals surface area contributed by atoms with Crippen molar-refractivity contribution in [3.63, 3.8) is 0 Å². The number of aromatic nitrogens is 2. The van der Waals surface area contributed by atoms with E-state index in [-0.39, 0.29) is 37.0 Å². The monoisotopic (exact) mass is 720 g/mol. The maximum atomic E-state index is 14.2. The van der Waals surface area contributed by atoms with Gasteiger partial charge in [-0.25, -0.2) is 0 Å². The Morgan fingerprint density at radius 1 is 1.09 bits per heavy atom. The minimum atomic E-state index is -1.52. The lowest BCUT2D eigenvalue weighted by Gasteiger charge is -2.64. The van der Waals surface area contributed by atoms with Crippen LogP contribution < -0.4 is 0 Å². The minimum Gasteiger partial charge on any atom is -0.457 e. The van der Waals surface area contributed by atoms with Crippen LogP contribution in [0, 0.1) is 40.4 Å². The number of allylic oxidation sites excluding steroid dienone is 1. The first-order chi connectivity index (χ1) is 21.8. The molecule has 6 rings (SSSR count). The molecule has 0 aromatic carbocycles. The molecule has 10 heteroatoms. The molecule has 46 heavy (non-hydrogen) atoms. The van der Waals surface area contributed by atoms with Crippen LogP contribution in [0.4, 0.5) is 0 Å². The Morgan fingerprint density at radius 2 is 1.80 bits per heavy atom. The van der Waals surface area contributed by atoms with Crippen LogP contribution in [0.1, 0.15) is 104 Å². The summed E-state index contributed by atoms with van der Waals surface area (Å²) in [5, 5.41) is 18.4. The van der Waals surface area contributed by atoms with Crippen molar-refractivity contribution in [3.05, 3.63) is 23.0 Å². The molecule has 0 saturated heterocycles. The molecule has 0 spiro atoms. The maximum absolute atomic E-state index is 14.2. The summed E-state index contributed by atoms with van der Waals surface area (Å²) in [6, 6.07) is 0. The number of esters is 2. The van der Waals surface area contributed by atoms with E-state index in [4.69, 9.17) is 26.2 Å². The van der Waals surface area contributed by atoms with Gasteiger partial charge in [0.25, 0.3) is 0 Å². The van der Waals surface area contributed by atoms with Crippen molar-refractivity contribution >= 4 is 51.3 Å². The standard InChI is InChI=1S/C36H50BrClN2O6/c1-6-31(43)45-20-30(42)36(46-32(44)7-2)21(3)12-27-26-11-10-25-14-28-24(19-40(39-28)18-23-9-8-22(13-23)17-37)15-33(25,4)35(26,38)29(41)16-34(27,36)5/h14,19,21-23,26-27,29,41H,6-13,15-18,20H2,1-5H3/t21-,22?,23?,26-,27-,29-,33-,34-,35-,36+/m0/s1. The number of rotatable bonds is 9. The Balaban J connectivity index is 1.32. The largest absolute Gasteiger partial charge is 0.457 e. The molecule has 4 fully saturated rings. The Labute approximate surface area is 286 Å². The van der Waals surface area contributed by atoms with Gasteiger partial charge >= 0.3 is 11.9 Å². The number of carbonyl (C=O) groups excluding carboxylic acids is 3. The second kappa shape index (κ2) is 12.3. The Hall–Kier alpha value is -1.71. The number of halogens is 2. The van der Waals surface area contributed by atoms with Crippen molar-refractivity contribution < 1.29 is 29.0 Å². The molecule has 8 nitrogen and oxygen atoms in total. The van der Waals surface area contributed by atoms with Gasteiger partial charge in [0.15, 0.2) is 12.2 Å². The van der Waals surface area contributed by atoms with Gasteiger partial charge in [-0.3, -0.25) is 19.1 Å². The number of aliphatic hydroxyl groups excluding tert-OH is 1. The van der Waals surface area contributed by atoms with E-state index in [2.05, 4.69) is 39.8 Å². The third-order valence-electron chi connectivity index (χ3n) is 13.0. The van der Waals surface area contributed by atoms with E-state index >= 15 is 0 Å². The SMILES string of the molecule is CCC(=O)OCC(=O)[C@]1(OC(=O)CC)[C@@H](C)C[C@H]2[C@@H]3CCC4=Cc5nn(CC6CCC(CBr)C6)cc5C[C@]4(C)[C@@]3(Cl)[C@@H](O)C[C@@]21C. The van der Waals surface area contributed by atoms with Crippen molar-refractivity contribution in [1.82, 2.24) is 9.78 Å². The van der Waals surface area contributed by atoms with Gasteiger partial charge in [-0.1, -0.05) is 56.1 Å². The third kappa shape index (κ3) is 4.98. The van der Waals surface area contributed by atoms with Crippen LogP contribution in [0.5, 0.6) is 0 Å². The highest BCUT2D eigenvalue weighted by Gasteiger charge is 2.76. The number of fused-ring (bicyclic) bond motifs is 6. The van der Waals surface area contributed by atoms with E-state index < -0.39 is 51.7 Å². The molecule has 0 radical (unpaired) electrons. The topological polar surface area (TPSA) is 108 Å². The Bertz CT molecular complexity index is 1430. The maximum Gasteiger partial charge on any atom is 0.306 e. The second-order valence-electron chi connectivity index (χ2n) is 15.4. The number of hydrogen-bond donors (Lipinski definition) is 1. The normalized spacial score (nSPS) is 41.1. The summed E-state index contributed by atoms with van der Waals surface area (Å²) in [7, 11) is 0. The van der Waals surface area contributed by atoms with Crippen LogP contribution in [0.15, 0.2) is 11.8 Å². The van der Waals surface area contributed by atoms with Crippen molar-refractivity contribution in [2.75, 3.05) is 11.9 Å². The van der Waals surface area contributed by atoms with Gasteiger partial charge in [0, 0.05) is 47.7 Å². The quantitative estimate of drug-likeness (QED) is 0.224. The summed E-state index contributed by atoms with van der Waals surface area (Å²) in [4.78, 5) is 38.2. The van der Waals surface area contributed by atoms with E-state index in [0.717, 1.165) is 36.3 Å². The fourth-order valence-corrected chi connectivity index (χ4v) is 11.9. The van der Waals surface area contributed by atoms with Crippen molar-refractivity contribution in [3.8, 4) is 0 Å². The molecule has 10 atom stereocenters. The molecular weight excluding hydrogens is 672 g/mol. The summed E-state index contributed by atoms with van der Waals surface area (Å²) in [5.41, 5.74) is 0.500. The molecule has 0 bridgehead atoms. The van der Waals surface area contributed by atoms with Crippen LogP contribution >= 0.6 is 27.5 Å². The number of ether oxygens (including phenoxy) is 2. The smallest absolute Gasteiger partial charge is 0.306 e. The number of aliphatic hydroxyl groups is 1. The number of alkyl halides is 2. The average Bonchev–Trinajstić information content (AvgIpc) is 3.70. The Kier molecular flexibility index (Phi) is 9.15. The van der Waals surface area contributed by atoms with Gasteiger partial charge in [-0.2, -0.15) is 5.10 Å². The van der Waals surface area contributed by atoms with Gasteiger partial charge in [0.2, 0.25) is 5.78 Å². The van der Waals surface area contributed by atoms with E-state index in [1.54, 1.807) is 13.8 Å². The molecule has 4 saturated carbocycles. The molecule has 2 unspecified atom stereocenters. The lowest BCUT2D eigenvalue weighted by molar-refractivity contribution is -0.204. The highest BCUT2D eigenvalue weighted by molar-refractivity contribution is 9.09. The molecule has 5 aliphatic carbocycles. The number of carbonyl (C=O) groups is 3. The number of nitrogens with zero attached hydrogens (tertiary/aromatic N) is 2. The molecule has 1 N–H and O–H groups in total. The molecule has 1 aromatic heterocycles. The van der Waals surface area contributed by atoms with E-state index in [1.165, 1.54) is 30.4 Å². The zero-order chi connectivity index (χ0) is 33.2. The second-order valence-corrected chi connectivity index (χ2v) is 16.7. The van der Waals surface area contributed by atoms with Crippen molar-refractivity contribution in [1.29, 1.82) is 0 Å². The van der Waals surface area contributed by atoms with Gasteiger partial charge in [-0.15, -0.1) is 11.6 Å². The average molecular weight is 722 g/mol.